The summed E-state index contributed by atoms with van der Waals surface area (Å²) in [6.45, 7) is 8.06. The van der Waals surface area contributed by atoms with Gasteiger partial charge in [-0.25, -0.2) is 0 Å². The lowest BCUT2D eigenvalue weighted by molar-refractivity contribution is -0.129. The topological polar surface area (TPSA) is 32.3 Å². The minimum Gasteiger partial charge on any atom is -0.342 e. The van der Waals surface area contributed by atoms with Crippen LogP contribution in [0.5, 0.6) is 0 Å². The Kier molecular flexibility index (Phi) is 3.01. The van der Waals surface area contributed by atoms with Crippen molar-refractivity contribution in [2.24, 2.45) is 11.3 Å². The second kappa shape index (κ2) is 4.12. The molecule has 1 N–H and O–H groups in total. The summed E-state index contributed by atoms with van der Waals surface area (Å²) in [6, 6.07) is 0. The van der Waals surface area contributed by atoms with Gasteiger partial charge < -0.3 is 10.2 Å². The van der Waals surface area contributed by atoms with Gasteiger partial charge in [0.25, 0.3) is 0 Å². The van der Waals surface area contributed by atoms with E-state index in [1.165, 1.54) is 19.3 Å². The maximum Gasteiger partial charge on any atom is 0.236 e. The van der Waals surface area contributed by atoms with Crippen LogP contribution >= 0.6 is 0 Å². The number of carbonyl (C=O) groups excluding carboxylic acids is 1. The second-order valence-electron chi connectivity index (χ2n) is 5.61. The number of nitrogens with zero attached hydrogens (tertiary/aromatic N) is 1. The lowest BCUT2D eigenvalue weighted by Crippen LogP contribution is -2.37. The maximum absolute atomic E-state index is 11.7. The number of amides is 1. The summed E-state index contributed by atoms with van der Waals surface area (Å²) in [5.41, 5.74) is 0.518. The Labute approximate surface area is 92.2 Å². The van der Waals surface area contributed by atoms with Crippen molar-refractivity contribution in [1.82, 2.24) is 10.2 Å². The average molecular weight is 210 g/mol. The van der Waals surface area contributed by atoms with E-state index in [0.29, 0.717) is 12.0 Å². The number of nitrogens with one attached hydrogen (secondary N) is 1. The molecule has 0 bridgehead atoms. The molecule has 0 aromatic heterocycles. The van der Waals surface area contributed by atoms with Crippen LogP contribution in [0.4, 0.5) is 0 Å². The van der Waals surface area contributed by atoms with Gasteiger partial charge in [-0.1, -0.05) is 13.8 Å². The molecule has 0 aromatic rings. The van der Waals surface area contributed by atoms with Crippen LogP contribution < -0.4 is 5.32 Å². The van der Waals surface area contributed by atoms with Crippen LogP contribution in [0, 0.1) is 11.3 Å². The lowest BCUT2D eigenvalue weighted by Gasteiger charge is -2.15. The highest BCUT2D eigenvalue weighted by atomic mass is 16.2. The molecule has 1 saturated heterocycles. The molecule has 2 rings (SSSR count). The average Bonchev–Trinajstić information content (AvgIpc) is 2.68. The summed E-state index contributed by atoms with van der Waals surface area (Å²) < 4.78 is 0. The SMILES string of the molecule is CC1(C)CC1CNCC(=O)N1CCCC1. The van der Waals surface area contributed by atoms with Gasteiger partial charge in [0.15, 0.2) is 0 Å². The van der Waals surface area contributed by atoms with Gasteiger partial charge in [-0.2, -0.15) is 0 Å². The third-order valence-electron chi connectivity index (χ3n) is 3.84. The highest BCUT2D eigenvalue weighted by Crippen LogP contribution is 2.50. The zero-order chi connectivity index (χ0) is 10.9. The van der Waals surface area contributed by atoms with Crippen LogP contribution in [0.3, 0.4) is 0 Å². The Bertz CT molecular complexity index is 244. The third kappa shape index (κ3) is 2.71. The fourth-order valence-electron chi connectivity index (χ4n) is 2.36. The van der Waals surface area contributed by atoms with E-state index >= 15 is 0 Å². The summed E-state index contributed by atoms with van der Waals surface area (Å²) in [5.74, 6) is 1.06. The summed E-state index contributed by atoms with van der Waals surface area (Å²) in [6.07, 6.45) is 3.67. The van der Waals surface area contributed by atoms with E-state index in [0.717, 1.165) is 25.6 Å². The van der Waals surface area contributed by atoms with E-state index in [4.69, 9.17) is 0 Å². The molecule has 15 heavy (non-hydrogen) atoms. The third-order valence-corrected chi connectivity index (χ3v) is 3.84. The Morgan fingerprint density at radius 3 is 2.53 bits per heavy atom. The summed E-state index contributed by atoms with van der Waals surface area (Å²) in [4.78, 5) is 13.6. The van der Waals surface area contributed by atoms with Crippen molar-refractivity contribution in [2.45, 2.75) is 33.1 Å². The van der Waals surface area contributed by atoms with Gasteiger partial charge >= 0.3 is 0 Å². The zero-order valence-electron chi connectivity index (χ0n) is 9.88. The van der Waals surface area contributed by atoms with Gasteiger partial charge in [-0.05, 0) is 37.1 Å². The highest BCUT2D eigenvalue weighted by molar-refractivity contribution is 5.78. The van der Waals surface area contributed by atoms with Gasteiger partial charge in [-0.3, -0.25) is 4.79 Å². The predicted molar refractivity (Wildman–Crippen MR) is 60.6 cm³/mol. The van der Waals surface area contributed by atoms with Crippen LogP contribution in [-0.4, -0.2) is 37.0 Å². The Morgan fingerprint density at radius 2 is 2.00 bits per heavy atom. The molecule has 0 radical (unpaired) electrons. The fourth-order valence-corrected chi connectivity index (χ4v) is 2.36. The standard InChI is InChI=1S/C12H22N2O/c1-12(2)7-10(12)8-13-9-11(15)14-5-3-4-6-14/h10,13H,3-9H2,1-2H3. The first-order chi connectivity index (χ1) is 7.09. The Hall–Kier alpha value is -0.570. The molecule has 1 atom stereocenters. The van der Waals surface area contributed by atoms with Gasteiger partial charge in [0, 0.05) is 13.1 Å². The monoisotopic (exact) mass is 210 g/mol. The number of likely N-dealkylation sites (tertiary alicyclic amines) is 1. The number of carbonyl (C=O) groups is 1. The molecule has 0 aromatic carbocycles. The molecule has 3 heteroatoms. The molecule has 1 unspecified atom stereocenters. The number of hydrogen-bond acceptors (Lipinski definition) is 2. The fraction of sp³-hybridized carbons (Fsp3) is 0.917. The molecule has 86 valence electrons. The molecule has 3 nitrogen and oxygen atoms in total. The van der Waals surface area contributed by atoms with Crippen molar-refractivity contribution in [2.75, 3.05) is 26.2 Å². The van der Waals surface area contributed by atoms with Gasteiger partial charge in [0.2, 0.25) is 5.91 Å². The highest BCUT2D eigenvalue weighted by Gasteiger charge is 2.44. The molecule has 1 aliphatic heterocycles. The number of rotatable bonds is 4. The van der Waals surface area contributed by atoms with E-state index in [1.807, 2.05) is 4.90 Å². The van der Waals surface area contributed by atoms with Crippen molar-refractivity contribution in [3.8, 4) is 0 Å². The largest absolute Gasteiger partial charge is 0.342 e. The zero-order valence-corrected chi connectivity index (χ0v) is 9.88. The van der Waals surface area contributed by atoms with Crippen LogP contribution in [0.15, 0.2) is 0 Å². The van der Waals surface area contributed by atoms with Crippen molar-refractivity contribution in [3.05, 3.63) is 0 Å². The lowest BCUT2D eigenvalue weighted by atomic mass is 10.1. The number of hydrogen-bond donors (Lipinski definition) is 1. The summed E-state index contributed by atoms with van der Waals surface area (Å²) in [7, 11) is 0. The summed E-state index contributed by atoms with van der Waals surface area (Å²) in [5, 5.41) is 3.29. The molecule has 2 aliphatic rings. The first kappa shape index (κ1) is 10.9. The maximum atomic E-state index is 11.7. The molecule has 1 saturated carbocycles. The van der Waals surface area contributed by atoms with Crippen molar-refractivity contribution in [3.63, 3.8) is 0 Å². The first-order valence-corrected chi connectivity index (χ1v) is 6.08. The smallest absolute Gasteiger partial charge is 0.236 e. The van der Waals surface area contributed by atoms with Crippen LogP contribution in [0.25, 0.3) is 0 Å². The van der Waals surface area contributed by atoms with E-state index in [9.17, 15) is 4.79 Å². The predicted octanol–water partition coefficient (Wildman–Crippen LogP) is 1.24. The van der Waals surface area contributed by atoms with Crippen molar-refractivity contribution in [1.29, 1.82) is 0 Å². The second-order valence-corrected chi connectivity index (χ2v) is 5.61. The van der Waals surface area contributed by atoms with Gasteiger partial charge in [-0.15, -0.1) is 0 Å². The van der Waals surface area contributed by atoms with Crippen molar-refractivity contribution < 1.29 is 4.79 Å². The van der Waals surface area contributed by atoms with E-state index in [2.05, 4.69) is 19.2 Å². The van der Waals surface area contributed by atoms with Gasteiger partial charge in [0.1, 0.15) is 0 Å². The van der Waals surface area contributed by atoms with Crippen LogP contribution in [0.1, 0.15) is 33.1 Å². The molecule has 1 heterocycles. The van der Waals surface area contributed by atoms with Crippen LogP contribution in [0.2, 0.25) is 0 Å². The van der Waals surface area contributed by atoms with Crippen molar-refractivity contribution >= 4 is 5.91 Å². The van der Waals surface area contributed by atoms with Gasteiger partial charge in [0.05, 0.1) is 6.54 Å². The molecular formula is C12H22N2O. The van der Waals surface area contributed by atoms with E-state index < -0.39 is 0 Å². The molecule has 1 amide bonds. The van der Waals surface area contributed by atoms with Crippen LogP contribution in [-0.2, 0) is 4.79 Å². The Balaban J connectivity index is 1.59. The molecular weight excluding hydrogens is 188 g/mol. The van der Waals surface area contributed by atoms with E-state index in [-0.39, 0.29) is 5.91 Å². The molecule has 1 aliphatic carbocycles. The Morgan fingerprint density at radius 1 is 1.40 bits per heavy atom. The minimum atomic E-state index is 0.283. The normalized spacial score (nSPS) is 28.1. The first-order valence-electron chi connectivity index (χ1n) is 6.08. The quantitative estimate of drug-likeness (QED) is 0.757. The molecule has 0 spiro atoms. The minimum absolute atomic E-state index is 0.283. The van der Waals surface area contributed by atoms with E-state index in [1.54, 1.807) is 0 Å². The summed E-state index contributed by atoms with van der Waals surface area (Å²) >= 11 is 0. The molecule has 2 fully saturated rings.